The Labute approximate surface area is 88.3 Å². The third-order valence-electron chi connectivity index (χ3n) is 2.43. The highest BCUT2D eigenvalue weighted by molar-refractivity contribution is 7.19. The zero-order chi connectivity index (χ0) is 10.1. The summed E-state index contributed by atoms with van der Waals surface area (Å²) in [5.41, 5.74) is 1.21. The molecule has 0 radical (unpaired) electrons. The normalized spacial score (nSPS) is 10.8. The number of hydrogen-bond acceptors (Lipinski definition) is 2. The summed E-state index contributed by atoms with van der Waals surface area (Å²) in [6.45, 7) is 4.28. The van der Waals surface area contributed by atoms with Crippen LogP contribution in [0.25, 0.3) is 10.1 Å². The van der Waals surface area contributed by atoms with Gasteiger partial charge < -0.3 is 4.74 Å². The van der Waals surface area contributed by atoms with Crippen LogP contribution in [-0.2, 0) is 6.42 Å². The summed E-state index contributed by atoms with van der Waals surface area (Å²) in [7, 11) is 1.72. The van der Waals surface area contributed by atoms with Gasteiger partial charge in [-0.05, 0) is 42.5 Å². The first-order chi connectivity index (χ1) is 6.74. The SMILES string of the molecule is CCc1cc2cc(OC)c(C)cc2s1. The van der Waals surface area contributed by atoms with Crippen LogP contribution in [0.5, 0.6) is 5.75 Å². The van der Waals surface area contributed by atoms with Crippen molar-refractivity contribution < 1.29 is 4.74 Å². The minimum Gasteiger partial charge on any atom is -0.496 e. The van der Waals surface area contributed by atoms with E-state index < -0.39 is 0 Å². The van der Waals surface area contributed by atoms with E-state index in [0.717, 1.165) is 12.2 Å². The van der Waals surface area contributed by atoms with E-state index in [1.54, 1.807) is 7.11 Å². The monoisotopic (exact) mass is 206 g/mol. The van der Waals surface area contributed by atoms with Crippen molar-refractivity contribution in [2.75, 3.05) is 7.11 Å². The molecule has 74 valence electrons. The van der Waals surface area contributed by atoms with Crippen molar-refractivity contribution in [1.29, 1.82) is 0 Å². The van der Waals surface area contributed by atoms with Gasteiger partial charge in [0.05, 0.1) is 7.11 Å². The van der Waals surface area contributed by atoms with Crippen molar-refractivity contribution in [1.82, 2.24) is 0 Å². The number of aryl methyl sites for hydroxylation is 2. The maximum absolute atomic E-state index is 5.30. The topological polar surface area (TPSA) is 9.23 Å². The first-order valence-corrected chi connectivity index (χ1v) is 5.63. The molecule has 1 heterocycles. The smallest absolute Gasteiger partial charge is 0.122 e. The van der Waals surface area contributed by atoms with E-state index in [9.17, 15) is 0 Å². The minimum absolute atomic E-state index is 0.984. The van der Waals surface area contributed by atoms with Crippen LogP contribution in [0.1, 0.15) is 17.4 Å². The Kier molecular flexibility index (Phi) is 2.46. The van der Waals surface area contributed by atoms with Crippen molar-refractivity contribution in [3.63, 3.8) is 0 Å². The van der Waals surface area contributed by atoms with E-state index in [1.807, 2.05) is 11.3 Å². The number of rotatable bonds is 2. The molecule has 0 aliphatic heterocycles. The highest BCUT2D eigenvalue weighted by Gasteiger charge is 2.04. The van der Waals surface area contributed by atoms with Gasteiger partial charge in [0.25, 0.3) is 0 Å². The molecule has 0 aliphatic carbocycles. The van der Waals surface area contributed by atoms with Crippen LogP contribution in [0.4, 0.5) is 0 Å². The summed E-state index contributed by atoms with van der Waals surface area (Å²) in [6.07, 6.45) is 1.11. The number of fused-ring (bicyclic) bond motifs is 1. The van der Waals surface area contributed by atoms with Gasteiger partial charge in [-0.3, -0.25) is 0 Å². The van der Waals surface area contributed by atoms with Gasteiger partial charge in [0.15, 0.2) is 0 Å². The first kappa shape index (κ1) is 9.53. The molecule has 0 unspecified atom stereocenters. The van der Waals surface area contributed by atoms with Gasteiger partial charge >= 0.3 is 0 Å². The van der Waals surface area contributed by atoms with Crippen LogP contribution in [0.15, 0.2) is 18.2 Å². The molecule has 1 aromatic heterocycles. The lowest BCUT2D eigenvalue weighted by Gasteiger charge is -2.03. The molecule has 0 spiro atoms. The summed E-state index contributed by atoms with van der Waals surface area (Å²) in [4.78, 5) is 1.44. The van der Waals surface area contributed by atoms with Crippen LogP contribution < -0.4 is 4.74 Å². The summed E-state index contributed by atoms with van der Waals surface area (Å²) < 4.78 is 6.66. The third-order valence-corrected chi connectivity index (χ3v) is 3.68. The minimum atomic E-state index is 0.984. The summed E-state index contributed by atoms with van der Waals surface area (Å²) in [5.74, 6) is 0.984. The molecule has 0 atom stereocenters. The highest BCUT2D eigenvalue weighted by Crippen LogP contribution is 2.31. The Morgan fingerprint density at radius 3 is 2.71 bits per heavy atom. The van der Waals surface area contributed by atoms with Crippen molar-refractivity contribution in [2.45, 2.75) is 20.3 Å². The molecule has 2 heteroatoms. The van der Waals surface area contributed by atoms with Gasteiger partial charge in [-0.2, -0.15) is 0 Å². The van der Waals surface area contributed by atoms with Gasteiger partial charge in [-0.25, -0.2) is 0 Å². The molecular formula is C12H14OS. The van der Waals surface area contributed by atoms with Crippen LogP contribution >= 0.6 is 11.3 Å². The van der Waals surface area contributed by atoms with Crippen molar-refractivity contribution in [2.24, 2.45) is 0 Å². The molecule has 2 aromatic rings. The number of hydrogen-bond donors (Lipinski definition) is 0. The summed E-state index contributed by atoms with van der Waals surface area (Å²) in [5, 5.41) is 1.30. The average molecular weight is 206 g/mol. The summed E-state index contributed by atoms with van der Waals surface area (Å²) >= 11 is 1.88. The van der Waals surface area contributed by atoms with E-state index in [-0.39, 0.29) is 0 Å². The molecule has 0 bridgehead atoms. The molecule has 14 heavy (non-hydrogen) atoms. The van der Waals surface area contributed by atoms with E-state index in [0.29, 0.717) is 0 Å². The molecule has 0 saturated carbocycles. The second kappa shape index (κ2) is 3.62. The molecule has 0 N–H and O–H groups in total. The highest BCUT2D eigenvalue weighted by atomic mass is 32.1. The van der Waals surface area contributed by atoms with Gasteiger partial charge in [0, 0.05) is 9.58 Å². The van der Waals surface area contributed by atoms with E-state index in [4.69, 9.17) is 4.74 Å². The molecule has 0 amide bonds. The van der Waals surface area contributed by atoms with Crippen LogP contribution in [-0.4, -0.2) is 7.11 Å². The Bertz CT molecular complexity index is 457. The standard InChI is InChI=1S/C12H14OS/c1-4-10-6-9-7-11(13-3)8(2)5-12(9)14-10/h5-7H,4H2,1-3H3. The average Bonchev–Trinajstić information content (AvgIpc) is 2.58. The zero-order valence-electron chi connectivity index (χ0n) is 8.76. The van der Waals surface area contributed by atoms with Crippen LogP contribution in [0, 0.1) is 6.92 Å². The number of ether oxygens (including phenoxy) is 1. The molecule has 0 saturated heterocycles. The summed E-state index contributed by atoms with van der Waals surface area (Å²) in [6, 6.07) is 6.58. The second-order valence-electron chi connectivity index (χ2n) is 3.43. The van der Waals surface area contributed by atoms with Gasteiger partial charge in [-0.15, -0.1) is 11.3 Å². The predicted octanol–water partition coefficient (Wildman–Crippen LogP) is 3.78. The lowest BCUT2D eigenvalue weighted by atomic mass is 10.1. The maximum atomic E-state index is 5.30. The fraction of sp³-hybridized carbons (Fsp3) is 0.333. The Hall–Kier alpha value is -1.02. The lowest BCUT2D eigenvalue weighted by Crippen LogP contribution is -1.85. The predicted molar refractivity (Wildman–Crippen MR) is 62.5 cm³/mol. The van der Waals surface area contributed by atoms with Gasteiger partial charge in [-0.1, -0.05) is 6.92 Å². The Balaban J connectivity index is 2.64. The zero-order valence-corrected chi connectivity index (χ0v) is 9.57. The van der Waals surface area contributed by atoms with Crippen molar-refractivity contribution in [3.8, 4) is 5.75 Å². The van der Waals surface area contributed by atoms with Gasteiger partial charge in [0.1, 0.15) is 5.75 Å². The second-order valence-corrected chi connectivity index (χ2v) is 4.59. The fourth-order valence-electron chi connectivity index (χ4n) is 1.62. The Morgan fingerprint density at radius 1 is 1.29 bits per heavy atom. The Morgan fingerprint density at radius 2 is 2.07 bits per heavy atom. The molecule has 1 nitrogen and oxygen atoms in total. The van der Waals surface area contributed by atoms with Crippen molar-refractivity contribution >= 4 is 21.4 Å². The van der Waals surface area contributed by atoms with E-state index in [2.05, 4.69) is 32.0 Å². The number of benzene rings is 1. The molecule has 0 fully saturated rings. The molecule has 1 aromatic carbocycles. The van der Waals surface area contributed by atoms with Crippen LogP contribution in [0.2, 0.25) is 0 Å². The number of thiophene rings is 1. The maximum Gasteiger partial charge on any atom is 0.122 e. The largest absolute Gasteiger partial charge is 0.496 e. The molecular weight excluding hydrogens is 192 g/mol. The van der Waals surface area contributed by atoms with E-state index in [1.165, 1.54) is 20.5 Å². The van der Waals surface area contributed by atoms with Crippen LogP contribution in [0.3, 0.4) is 0 Å². The van der Waals surface area contributed by atoms with Gasteiger partial charge in [0.2, 0.25) is 0 Å². The molecule has 2 rings (SSSR count). The van der Waals surface area contributed by atoms with Crippen molar-refractivity contribution in [3.05, 3.63) is 28.6 Å². The quantitative estimate of drug-likeness (QED) is 0.726. The fourth-order valence-corrected chi connectivity index (χ4v) is 2.70. The molecule has 0 aliphatic rings. The lowest BCUT2D eigenvalue weighted by molar-refractivity contribution is 0.412. The number of methoxy groups -OCH3 is 1. The third kappa shape index (κ3) is 1.50. The first-order valence-electron chi connectivity index (χ1n) is 4.81. The van der Waals surface area contributed by atoms with E-state index >= 15 is 0 Å².